The highest BCUT2D eigenvalue weighted by Gasteiger charge is 2.49. The molecule has 0 radical (unpaired) electrons. The predicted octanol–water partition coefficient (Wildman–Crippen LogP) is 2.54. The minimum Gasteiger partial charge on any atom is -0.306 e. The fraction of sp³-hybridized carbons (Fsp3) is 0.350. The summed E-state index contributed by atoms with van der Waals surface area (Å²) in [5, 5.41) is 0.560. The van der Waals surface area contributed by atoms with Crippen molar-refractivity contribution in [1.29, 1.82) is 0 Å². The molecule has 2 aromatic rings. The van der Waals surface area contributed by atoms with Gasteiger partial charge >= 0.3 is 0 Å². The van der Waals surface area contributed by atoms with Gasteiger partial charge in [-0.2, -0.15) is 0 Å². The van der Waals surface area contributed by atoms with E-state index in [0.29, 0.717) is 23.7 Å². The van der Waals surface area contributed by atoms with Gasteiger partial charge in [0.2, 0.25) is 5.91 Å². The van der Waals surface area contributed by atoms with Crippen molar-refractivity contribution in [2.45, 2.75) is 18.5 Å². The Morgan fingerprint density at radius 3 is 2.32 bits per heavy atom. The fourth-order valence-corrected chi connectivity index (χ4v) is 6.17. The molecule has 5 nitrogen and oxygen atoms in total. The second-order valence-corrected chi connectivity index (χ2v) is 9.89. The van der Waals surface area contributed by atoms with E-state index < -0.39 is 15.9 Å². The molecule has 0 saturated carbocycles. The molecule has 2 heterocycles. The van der Waals surface area contributed by atoms with E-state index in [4.69, 9.17) is 11.6 Å². The fourth-order valence-electron chi connectivity index (χ4n) is 4.06. The second kappa shape index (κ2) is 7.46. The Morgan fingerprint density at radius 1 is 1.00 bits per heavy atom. The van der Waals surface area contributed by atoms with Gasteiger partial charge < -0.3 is 4.90 Å². The van der Waals surface area contributed by atoms with Crippen molar-refractivity contribution in [2.75, 3.05) is 29.5 Å². The van der Waals surface area contributed by atoms with E-state index in [9.17, 15) is 17.6 Å². The van der Waals surface area contributed by atoms with Crippen molar-refractivity contribution in [2.24, 2.45) is 0 Å². The second-order valence-electron chi connectivity index (χ2n) is 7.30. The van der Waals surface area contributed by atoms with Crippen LogP contribution in [0.3, 0.4) is 0 Å². The van der Waals surface area contributed by atoms with Gasteiger partial charge in [-0.25, -0.2) is 12.8 Å². The summed E-state index contributed by atoms with van der Waals surface area (Å²) in [6, 6.07) is 12.5. The quantitative estimate of drug-likeness (QED) is 0.759. The maximum absolute atomic E-state index is 13.1. The average Bonchev–Trinajstić information content (AvgIpc) is 2.97. The number of carbonyl (C=O) groups excluding carboxylic acids is 1. The van der Waals surface area contributed by atoms with E-state index in [1.54, 1.807) is 41.3 Å². The number of sulfone groups is 1. The van der Waals surface area contributed by atoms with Gasteiger partial charge in [0.15, 0.2) is 9.84 Å². The third-order valence-corrected chi connectivity index (χ3v) is 7.36. The molecule has 2 unspecified atom stereocenters. The lowest BCUT2D eigenvalue weighted by atomic mass is 10.0. The van der Waals surface area contributed by atoms with E-state index in [1.165, 1.54) is 12.1 Å². The summed E-state index contributed by atoms with van der Waals surface area (Å²) < 4.78 is 37.8. The average molecular weight is 423 g/mol. The molecule has 2 aliphatic heterocycles. The summed E-state index contributed by atoms with van der Waals surface area (Å²) in [6.07, 6.45) is 0.623. The van der Waals surface area contributed by atoms with Crippen LogP contribution in [-0.2, 0) is 21.1 Å². The van der Waals surface area contributed by atoms with Gasteiger partial charge in [-0.05, 0) is 48.4 Å². The summed E-state index contributed by atoms with van der Waals surface area (Å²) in [6.45, 7) is 0.697. The van der Waals surface area contributed by atoms with Crippen LogP contribution in [-0.4, -0.2) is 55.9 Å². The molecule has 28 heavy (non-hydrogen) atoms. The van der Waals surface area contributed by atoms with Gasteiger partial charge in [-0.1, -0.05) is 23.7 Å². The van der Waals surface area contributed by atoms with Crippen LogP contribution in [0.4, 0.5) is 10.1 Å². The van der Waals surface area contributed by atoms with Gasteiger partial charge in [0, 0.05) is 23.3 Å². The van der Waals surface area contributed by atoms with E-state index in [-0.39, 0.29) is 35.8 Å². The van der Waals surface area contributed by atoms with Crippen molar-refractivity contribution < 1.29 is 17.6 Å². The Bertz CT molecular complexity index is 980. The monoisotopic (exact) mass is 422 g/mol. The van der Waals surface area contributed by atoms with Crippen LogP contribution in [0, 0.1) is 5.82 Å². The molecule has 4 rings (SSSR count). The number of anilines is 1. The third-order valence-electron chi connectivity index (χ3n) is 5.41. The highest BCUT2D eigenvalue weighted by Crippen LogP contribution is 2.32. The zero-order valence-corrected chi connectivity index (χ0v) is 16.7. The van der Waals surface area contributed by atoms with E-state index in [2.05, 4.69) is 0 Å². The first-order valence-electron chi connectivity index (χ1n) is 9.09. The van der Waals surface area contributed by atoms with E-state index in [1.807, 2.05) is 4.90 Å². The summed E-state index contributed by atoms with van der Waals surface area (Å²) in [5.41, 5.74) is 1.62. The van der Waals surface area contributed by atoms with Crippen LogP contribution in [0.5, 0.6) is 0 Å². The van der Waals surface area contributed by atoms with Crippen LogP contribution in [0.25, 0.3) is 0 Å². The smallest absolute Gasteiger partial charge is 0.241 e. The third kappa shape index (κ3) is 3.92. The van der Waals surface area contributed by atoms with E-state index in [0.717, 1.165) is 5.56 Å². The van der Waals surface area contributed by atoms with E-state index >= 15 is 0 Å². The molecule has 0 N–H and O–H groups in total. The van der Waals surface area contributed by atoms with Gasteiger partial charge in [-0.15, -0.1) is 0 Å². The highest BCUT2D eigenvalue weighted by atomic mass is 35.5. The largest absolute Gasteiger partial charge is 0.306 e. The van der Waals surface area contributed by atoms with Gasteiger partial charge in [0.25, 0.3) is 0 Å². The molecule has 0 aliphatic carbocycles. The molecule has 1 amide bonds. The molecule has 2 aromatic carbocycles. The Balaban J connectivity index is 1.57. The van der Waals surface area contributed by atoms with Crippen molar-refractivity contribution in [1.82, 2.24) is 4.90 Å². The number of halogens is 2. The zero-order chi connectivity index (χ0) is 19.9. The molecule has 2 fully saturated rings. The summed E-state index contributed by atoms with van der Waals surface area (Å²) in [7, 11) is -3.23. The van der Waals surface area contributed by atoms with Crippen LogP contribution < -0.4 is 4.90 Å². The SMILES string of the molecule is O=C1CN(CCc2ccc(F)cc2)C2CS(=O)(=O)CC2N1c1ccc(Cl)cc1. The maximum Gasteiger partial charge on any atom is 0.241 e. The van der Waals surface area contributed by atoms with Gasteiger partial charge in [0.05, 0.1) is 24.1 Å². The molecular formula is C20H20ClFN2O3S. The summed E-state index contributed by atoms with van der Waals surface area (Å²) in [4.78, 5) is 16.5. The number of amides is 1. The molecule has 2 saturated heterocycles. The van der Waals surface area contributed by atoms with Gasteiger partial charge in [-0.3, -0.25) is 9.69 Å². The molecule has 0 spiro atoms. The number of hydrogen-bond acceptors (Lipinski definition) is 4. The lowest BCUT2D eigenvalue weighted by Gasteiger charge is -2.43. The molecule has 0 aromatic heterocycles. The highest BCUT2D eigenvalue weighted by molar-refractivity contribution is 7.91. The van der Waals surface area contributed by atoms with Crippen molar-refractivity contribution >= 4 is 33.0 Å². The first kappa shape index (κ1) is 19.4. The predicted molar refractivity (Wildman–Crippen MR) is 107 cm³/mol. The van der Waals surface area contributed by atoms with Crippen LogP contribution in [0.1, 0.15) is 5.56 Å². The standard InChI is InChI=1S/C20H20ClFN2O3S/c21-15-3-7-17(8-4-15)24-19-13-28(26,27)12-18(19)23(11-20(24)25)10-9-14-1-5-16(22)6-2-14/h1-8,18-19H,9-13H2. The summed E-state index contributed by atoms with van der Waals surface area (Å²) in [5.74, 6) is -0.422. The first-order valence-corrected chi connectivity index (χ1v) is 11.3. The topological polar surface area (TPSA) is 57.7 Å². The zero-order valence-electron chi connectivity index (χ0n) is 15.1. The number of rotatable bonds is 4. The molecular weight excluding hydrogens is 403 g/mol. The first-order chi connectivity index (χ1) is 13.3. The Labute approximate surface area is 168 Å². The lowest BCUT2D eigenvalue weighted by Crippen LogP contribution is -2.62. The molecule has 2 aliphatic rings. The Morgan fingerprint density at radius 2 is 1.64 bits per heavy atom. The number of fused-ring (bicyclic) bond motifs is 1. The number of carbonyl (C=O) groups is 1. The van der Waals surface area contributed by atoms with Crippen molar-refractivity contribution in [3.63, 3.8) is 0 Å². The summed E-state index contributed by atoms with van der Waals surface area (Å²) >= 11 is 5.94. The van der Waals surface area contributed by atoms with Crippen molar-refractivity contribution in [3.8, 4) is 0 Å². The normalized spacial score (nSPS) is 24.4. The van der Waals surface area contributed by atoms with Crippen molar-refractivity contribution in [3.05, 3.63) is 64.9 Å². The minimum atomic E-state index is -3.23. The number of nitrogens with zero attached hydrogens (tertiary/aromatic N) is 2. The number of piperazine rings is 1. The number of hydrogen-bond donors (Lipinski definition) is 0. The molecule has 2 atom stereocenters. The Kier molecular flexibility index (Phi) is 5.16. The lowest BCUT2D eigenvalue weighted by molar-refractivity contribution is -0.123. The Hall–Kier alpha value is -1.96. The maximum atomic E-state index is 13.1. The number of benzene rings is 2. The van der Waals surface area contributed by atoms with Gasteiger partial charge in [0.1, 0.15) is 5.82 Å². The van der Waals surface area contributed by atoms with Crippen LogP contribution >= 0.6 is 11.6 Å². The molecule has 148 valence electrons. The van der Waals surface area contributed by atoms with Crippen LogP contribution in [0.15, 0.2) is 48.5 Å². The molecule has 0 bridgehead atoms. The minimum absolute atomic E-state index is 0.0401. The van der Waals surface area contributed by atoms with Crippen LogP contribution in [0.2, 0.25) is 5.02 Å². The molecule has 8 heteroatoms.